The summed E-state index contributed by atoms with van der Waals surface area (Å²) in [5.74, 6) is 0.716. The Bertz CT molecular complexity index is 286. The first-order chi connectivity index (χ1) is 5.88. The number of anilines is 1. The molecule has 0 bridgehead atoms. The number of hydrazine groups is 1. The third kappa shape index (κ3) is 1.17. The topological polar surface area (TPSA) is 39.6 Å². The van der Waals surface area contributed by atoms with E-state index in [2.05, 4.69) is 4.98 Å². The molecular weight excluding hydrogens is 154 g/mol. The van der Waals surface area contributed by atoms with E-state index in [0.29, 0.717) is 12.4 Å². The molecule has 0 spiro atoms. The van der Waals surface area contributed by atoms with Gasteiger partial charge in [0.05, 0.1) is 6.54 Å². The molecule has 0 radical (unpaired) electrons. The summed E-state index contributed by atoms with van der Waals surface area (Å²) in [4.78, 5) is 4.08. The van der Waals surface area contributed by atoms with Crippen LogP contribution in [0.5, 0.6) is 0 Å². The zero-order chi connectivity index (χ0) is 8.39. The summed E-state index contributed by atoms with van der Waals surface area (Å²) in [5, 5.41) is 12.0. The normalized spacial score (nSPS) is 17.2. The minimum absolute atomic E-state index is 0.510. The van der Waals surface area contributed by atoms with E-state index in [9.17, 15) is 5.21 Å². The van der Waals surface area contributed by atoms with Crippen molar-refractivity contribution in [1.82, 2.24) is 10.2 Å². The van der Waals surface area contributed by atoms with Gasteiger partial charge in [-0.1, -0.05) is 11.2 Å². The van der Waals surface area contributed by atoms with Gasteiger partial charge < -0.3 is 0 Å². The quantitative estimate of drug-likeness (QED) is 0.671. The summed E-state index contributed by atoms with van der Waals surface area (Å²) >= 11 is 0. The van der Waals surface area contributed by atoms with Crippen molar-refractivity contribution in [2.45, 2.75) is 0 Å². The first-order valence-corrected chi connectivity index (χ1v) is 3.71. The van der Waals surface area contributed by atoms with E-state index in [0.717, 1.165) is 5.17 Å². The Morgan fingerprint density at radius 1 is 1.42 bits per heavy atom. The van der Waals surface area contributed by atoms with Gasteiger partial charge in [0.25, 0.3) is 0 Å². The maximum Gasteiger partial charge on any atom is 0.148 e. The van der Waals surface area contributed by atoms with Crippen molar-refractivity contribution in [3.05, 3.63) is 36.7 Å². The minimum atomic E-state index is 0.510. The number of aromatic nitrogens is 1. The largest absolute Gasteiger partial charge is 0.294 e. The summed E-state index contributed by atoms with van der Waals surface area (Å²) in [6.07, 6.45) is 5.33. The van der Waals surface area contributed by atoms with E-state index in [1.165, 1.54) is 0 Å². The van der Waals surface area contributed by atoms with Gasteiger partial charge >= 0.3 is 0 Å². The predicted molar refractivity (Wildman–Crippen MR) is 44.3 cm³/mol. The number of pyridine rings is 1. The lowest BCUT2D eigenvalue weighted by Crippen LogP contribution is -2.32. The maximum absolute atomic E-state index is 9.30. The molecule has 2 rings (SSSR count). The summed E-state index contributed by atoms with van der Waals surface area (Å²) in [6.45, 7) is 0.510. The van der Waals surface area contributed by atoms with Crippen LogP contribution >= 0.6 is 0 Å². The SMILES string of the molecule is ON1CC=CN1c1ccccn1. The van der Waals surface area contributed by atoms with Crippen LogP contribution in [0.15, 0.2) is 36.7 Å². The Balaban J connectivity index is 2.25. The molecule has 0 amide bonds. The zero-order valence-electron chi connectivity index (χ0n) is 6.46. The van der Waals surface area contributed by atoms with E-state index >= 15 is 0 Å². The molecule has 0 saturated heterocycles. The first-order valence-electron chi connectivity index (χ1n) is 3.71. The highest BCUT2D eigenvalue weighted by Gasteiger charge is 2.15. The maximum atomic E-state index is 9.30. The molecule has 0 aromatic carbocycles. The Hall–Kier alpha value is -1.39. The van der Waals surface area contributed by atoms with Crippen molar-refractivity contribution in [2.75, 3.05) is 11.6 Å². The van der Waals surface area contributed by atoms with E-state index in [4.69, 9.17) is 0 Å². The minimum Gasteiger partial charge on any atom is -0.294 e. The second kappa shape index (κ2) is 2.92. The second-order valence-electron chi connectivity index (χ2n) is 2.47. The molecule has 1 aliphatic heterocycles. The van der Waals surface area contributed by atoms with Gasteiger partial charge in [0.2, 0.25) is 0 Å². The van der Waals surface area contributed by atoms with Gasteiger partial charge in [-0.25, -0.2) is 9.99 Å². The number of rotatable bonds is 1. The molecular formula is C8H9N3O. The Morgan fingerprint density at radius 2 is 2.33 bits per heavy atom. The van der Waals surface area contributed by atoms with Gasteiger partial charge in [-0.05, 0) is 18.2 Å². The van der Waals surface area contributed by atoms with Crippen LogP contribution in [0.1, 0.15) is 0 Å². The van der Waals surface area contributed by atoms with Crippen LogP contribution in [0.2, 0.25) is 0 Å². The highest BCUT2D eigenvalue weighted by atomic mass is 16.5. The molecule has 4 nitrogen and oxygen atoms in total. The molecule has 0 aliphatic carbocycles. The highest BCUT2D eigenvalue weighted by molar-refractivity contribution is 5.40. The summed E-state index contributed by atoms with van der Waals surface area (Å²) in [7, 11) is 0. The molecule has 12 heavy (non-hydrogen) atoms. The van der Waals surface area contributed by atoms with Crippen molar-refractivity contribution in [1.29, 1.82) is 0 Å². The smallest absolute Gasteiger partial charge is 0.148 e. The van der Waals surface area contributed by atoms with Crippen LogP contribution in [0.25, 0.3) is 0 Å². The van der Waals surface area contributed by atoms with Gasteiger partial charge in [0, 0.05) is 12.4 Å². The van der Waals surface area contributed by atoms with Crippen molar-refractivity contribution in [3.8, 4) is 0 Å². The first kappa shape index (κ1) is 7.27. The van der Waals surface area contributed by atoms with Crippen LogP contribution in [-0.2, 0) is 0 Å². The van der Waals surface area contributed by atoms with Crippen LogP contribution < -0.4 is 5.01 Å². The zero-order valence-corrected chi connectivity index (χ0v) is 6.46. The van der Waals surface area contributed by atoms with Gasteiger partial charge in [0.1, 0.15) is 5.82 Å². The van der Waals surface area contributed by atoms with Crippen molar-refractivity contribution in [2.24, 2.45) is 0 Å². The number of hydroxylamine groups is 1. The van der Waals surface area contributed by atoms with Crippen molar-refractivity contribution >= 4 is 5.82 Å². The molecule has 1 aliphatic rings. The van der Waals surface area contributed by atoms with Crippen LogP contribution in [0.4, 0.5) is 5.82 Å². The fraction of sp³-hybridized carbons (Fsp3) is 0.125. The van der Waals surface area contributed by atoms with Crippen LogP contribution in [0, 0.1) is 0 Å². The van der Waals surface area contributed by atoms with Crippen LogP contribution in [-0.4, -0.2) is 21.9 Å². The Morgan fingerprint density at radius 3 is 2.92 bits per heavy atom. The fourth-order valence-electron chi connectivity index (χ4n) is 1.09. The van der Waals surface area contributed by atoms with E-state index in [1.807, 2.05) is 24.3 Å². The third-order valence-corrected chi connectivity index (χ3v) is 1.65. The Labute approximate surface area is 70.3 Å². The molecule has 0 atom stereocenters. The van der Waals surface area contributed by atoms with Crippen molar-refractivity contribution < 1.29 is 5.21 Å². The van der Waals surface area contributed by atoms with Gasteiger partial charge in [0.15, 0.2) is 0 Å². The lowest BCUT2D eigenvalue weighted by Gasteiger charge is -2.21. The Kier molecular flexibility index (Phi) is 1.77. The molecule has 0 fully saturated rings. The monoisotopic (exact) mass is 163 g/mol. The lowest BCUT2D eigenvalue weighted by molar-refractivity contribution is -0.0756. The fourth-order valence-corrected chi connectivity index (χ4v) is 1.09. The number of nitrogens with zero attached hydrogens (tertiary/aromatic N) is 3. The van der Waals surface area contributed by atoms with Crippen LogP contribution in [0.3, 0.4) is 0 Å². The van der Waals surface area contributed by atoms with E-state index in [1.54, 1.807) is 17.4 Å². The molecule has 0 saturated carbocycles. The predicted octanol–water partition coefficient (Wildman–Crippen LogP) is 1.02. The molecule has 1 N–H and O–H groups in total. The molecule has 0 unspecified atom stereocenters. The second-order valence-corrected chi connectivity index (χ2v) is 2.47. The molecule has 2 heterocycles. The van der Waals surface area contributed by atoms with Gasteiger partial charge in [-0.15, -0.1) is 0 Å². The summed E-state index contributed by atoms with van der Waals surface area (Å²) < 4.78 is 0. The third-order valence-electron chi connectivity index (χ3n) is 1.65. The number of hydrogen-bond acceptors (Lipinski definition) is 4. The van der Waals surface area contributed by atoms with E-state index in [-0.39, 0.29) is 0 Å². The highest BCUT2D eigenvalue weighted by Crippen LogP contribution is 2.14. The lowest BCUT2D eigenvalue weighted by atomic mass is 10.4. The van der Waals surface area contributed by atoms with Gasteiger partial charge in [-0.2, -0.15) is 0 Å². The summed E-state index contributed by atoms with van der Waals surface area (Å²) in [6, 6.07) is 5.55. The molecule has 1 aromatic rings. The summed E-state index contributed by atoms with van der Waals surface area (Å²) in [5.41, 5.74) is 0. The molecule has 1 aromatic heterocycles. The molecule has 4 heteroatoms. The van der Waals surface area contributed by atoms with Gasteiger partial charge in [-0.3, -0.25) is 5.21 Å². The standard InChI is InChI=1S/C8H9N3O/c12-11-7-3-6-10(11)8-4-1-2-5-9-8/h1-6,12H,7H2. The average molecular weight is 163 g/mol. The average Bonchev–Trinajstić information content (AvgIpc) is 2.53. The van der Waals surface area contributed by atoms with E-state index < -0.39 is 0 Å². The molecule has 62 valence electrons. The number of hydrogen-bond donors (Lipinski definition) is 1. The van der Waals surface area contributed by atoms with Crippen molar-refractivity contribution in [3.63, 3.8) is 0 Å².